The number of hydrogen-bond donors (Lipinski definition) is 1. The standard InChI is InChI=1S/C16H25N3/c1-12(17)14-8-9-18-16(11-14)19-10-4-6-13-5-2-3-7-15(13)19/h8-9,11-13,15H,2-7,10,17H2,1H3/t12-,13?,15?/m0/s1. The van der Waals surface area contributed by atoms with E-state index in [2.05, 4.69) is 16.0 Å². The Balaban J connectivity index is 1.85. The van der Waals surface area contributed by atoms with Gasteiger partial charge in [-0.25, -0.2) is 4.98 Å². The summed E-state index contributed by atoms with van der Waals surface area (Å²) in [5.41, 5.74) is 7.19. The van der Waals surface area contributed by atoms with Gasteiger partial charge in [-0.3, -0.25) is 0 Å². The second kappa shape index (κ2) is 5.49. The van der Waals surface area contributed by atoms with Crippen LogP contribution in [0.5, 0.6) is 0 Å². The van der Waals surface area contributed by atoms with Crippen molar-refractivity contribution in [2.45, 2.75) is 57.5 Å². The molecule has 2 N–H and O–H groups in total. The number of nitrogens with two attached hydrogens (primary N) is 1. The van der Waals surface area contributed by atoms with Gasteiger partial charge in [0.2, 0.25) is 0 Å². The summed E-state index contributed by atoms with van der Waals surface area (Å²) < 4.78 is 0. The van der Waals surface area contributed by atoms with Crippen molar-refractivity contribution in [3.05, 3.63) is 23.9 Å². The Kier molecular flexibility index (Phi) is 3.74. The summed E-state index contributed by atoms with van der Waals surface area (Å²) in [5, 5.41) is 0. The molecular weight excluding hydrogens is 234 g/mol. The number of anilines is 1. The lowest BCUT2D eigenvalue weighted by molar-refractivity contribution is 0.242. The summed E-state index contributed by atoms with van der Waals surface area (Å²) >= 11 is 0. The summed E-state index contributed by atoms with van der Waals surface area (Å²) in [6.07, 6.45) is 10.2. The van der Waals surface area contributed by atoms with Crippen LogP contribution in [0.25, 0.3) is 0 Å². The van der Waals surface area contributed by atoms with Crippen molar-refractivity contribution in [2.75, 3.05) is 11.4 Å². The maximum absolute atomic E-state index is 6.00. The summed E-state index contributed by atoms with van der Waals surface area (Å²) in [6.45, 7) is 3.20. The van der Waals surface area contributed by atoms with E-state index in [4.69, 9.17) is 5.73 Å². The van der Waals surface area contributed by atoms with Crippen molar-refractivity contribution in [1.29, 1.82) is 0 Å². The quantitative estimate of drug-likeness (QED) is 0.886. The zero-order valence-corrected chi connectivity index (χ0v) is 11.9. The van der Waals surface area contributed by atoms with Crippen molar-refractivity contribution in [3.8, 4) is 0 Å². The average Bonchev–Trinajstić information content (AvgIpc) is 2.47. The number of aromatic nitrogens is 1. The Bertz CT molecular complexity index is 428. The molecule has 3 atom stereocenters. The van der Waals surface area contributed by atoms with Gasteiger partial charge in [0.15, 0.2) is 0 Å². The summed E-state index contributed by atoms with van der Waals surface area (Å²) in [7, 11) is 0. The predicted octanol–water partition coefficient (Wildman–Crippen LogP) is 3.26. The van der Waals surface area contributed by atoms with E-state index < -0.39 is 0 Å². The van der Waals surface area contributed by atoms with Crippen LogP contribution in [0.3, 0.4) is 0 Å². The van der Waals surface area contributed by atoms with Gasteiger partial charge >= 0.3 is 0 Å². The minimum atomic E-state index is 0.0914. The summed E-state index contributed by atoms with van der Waals surface area (Å²) in [5.74, 6) is 2.04. The van der Waals surface area contributed by atoms with Crippen molar-refractivity contribution in [1.82, 2.24) is 4.98 Å². The van der Waals surface area contributed by atoms with E-state index >= 15 is 0 Å². The fraction of sp³-hybridized carbons (Fsp3) is 0.688. The third kappa shape index (κ3) is 2.62. The van der Waals surface area contributed by atoms with Crippen LogP contribution in [-0.4, -0.2) is 17.6 Å². The molecule has 0 radical (unpaired) electrons. The van der Waals surface area contributed by atoms with Crippen LogP contribution in [0.4, 0.5) is 5.82 Å². The van der Waals surface area contributed by atoms with Crippen LogP contribution in [0.15, 0.2) is 18.3 Å². The molecule has 2 heterocycles. The highest BCUT2D eigenvalue weighted by atomic mass is 15.2. The molecule has 3 nitrogen and oxygen atoms in total. The maximum Gasteiger partial charge on any atom is 0.129 e. The minimum absolute atomic E-state index is 0.0914. The fourth-order valence-corrected chi connectivity index (χ4v) is 3.78. The first-order chi connectivity index (χ1) is 9.25. The third-order valence-corrected chi connectivity index (χ3v) is 4.83. The lowest BCUT2D eigenvalue weighted by Gasteiger charge is -2.45. The highest BCUT2D eigenvalue weighted by molar-refractivity contribution is 5.43. The number of nitrogens with zero attached hydrogens (tertiary/aromatic N) is 2. The van der Waals surface area contributed by atoms with Crippen LogP contribution in [0, 0.1) is 5.92 Å². The van der Waals surface area contributed by atoms with E-state index in [1.165, 1.54) is 44.1 Å². The second-order valence-electron chi connectivity index (χ2n) is 6.18. The molecule has 19 heavy (non-hydrogen) atoms. The average molecular weight is 259 g/mol. The Hall–Kier alpha value is -1.09. The van der Waals surface area contributed by atoms with E-state index in [1.807, 2.05) is 19.2 Å². The van der Waals surface area contributed by atoms with Crippen LogP contribution >= 0.6 is 0 Å². The van der Waals surface area contributed by atoms with Crippen LogP contribution in [0.2, 0.25) is 0 Å². The lowest BCUT2D eigenvalue weighted by atomic mass is 9.78. The van der Waals surface area contributed by atoms with Gasteiger partial charge in [-0.05, 0) is 56.2 Å². The Morgan fingerprint density at radius 1 is 1.26 bits per heavy atom. The molecule has 1 aliphatic carbocycles. The Morgan fingerprint density at radius 3 is 2.89 bits per heavy atom. The molecule has 104 valence electrons. The normalized spacial score (nSPS) is 28.8. The van der Waals surface area contributed by atoms with Crippen LogP contribution in [-0.2, 0) is 0 Å². The first-order valence-electron chi connectivity index (χ1n) is 7.74. The van der Waals surface area contributed by atoms with Gasteiger partial charge in [0.05, 0.1) is 0 Å². The van der Waals surface area contributed by atoms with Gasteiger partial charge in [-0.1, -0.05) is 12.8 Å². The zero-order valence-electron chi connectivity index (χ0n) is 11.9. The summed E-state index contributed by atoms with van der Waals surface area (Å²) in [4.78, 5) is 7.16. The fourth-order valence-electron chi connectivity index (χ4n) is 3.78. The van der Waals surface area contributed by atoms with Crippen LogP contribution in [0.1, 0.15) is 57.1 Å². The molecule has 0 amide bonds. The number of fused-ring (bicyclic) bond motifs is 1. The molecule has 0 spiro atoms. The SMILES string of the molecule is C[C@H](N)c1ccnc(N2CCCC3CCCCC32)c1. The number of piperidine rings is 1. The molecule has 1 saturated carbocycles. The van der Waals surface area contributed by atoms with Gasteiger partial charge in [0.1, 0.15) is 5.82 Å². The molecule has 1 aliphatic heterocycles. The molecule has 2 aliphatic rings. The molecule has 2 fully saturated rings. The third-order valence-electron chi connectivity index (χ3n) is 4.83. The predicted molar refractivity (Wildman–Crippen MR) is 79.2 cm³/mol. The van der Waals surface area contributed by atoms with Crippen molar-refractivity contribution in [3.63, 3.8) is 0 Å². The molecule has 3 heteroatoms. The van der Waals surface area contributed by atoms with Gasteiger partial charge in [-0.2, -0.15) is 0 Å². The maximum atomic E-state index is 6.00. The van der Waals surface area contributed by atoms with E-state index in [9.17, 15) is 0 Å². The molecule has 1 aromatic heterocycles. The molecule has 3 rings (SSSR count). The Labute approximate surface area is 116 Å². The first-order valence-corrected chi connectivity index (χ1v) is 7.74. The lowest BCUT2D eigenvalue weighted by Crippen LogP contribution is -2.47. The molecular formula is C16H25N3. The highest BCUT2D eigenvalue weighted by Gasteiger charge is 2.33. The minimum Gasteiger partial charge on any atom is -0.353 e. The van der Waals surface area contributed by atoms with E-state index in [0.717, 1.165) is 24.3 Å². The Morgan fingerprint density at radius 2 is 2.05 bits per heavy atom. The smallest absolute Gasteiger partial charge is 0.129 e. The summed E-state index contributed by atoms with van der Waals surface area (Å²) in [6, 6.07) is 5.05. The topological polar surface area (TPSA) is 42.1 Å². The van der Waals surface area contributed by atoms with Gasteiger partial charge in [0.25, 0.3) is 0 Å². The van der Waals surface area contributed by atoms with Gasteiger partial charge < -0.3 is 10.6 Å². The number of hydrogen-bond acceptors (Lipinski definition) is 3. The van der Waals surface area contributed by atoms with Crippen molar-refractivity contribution >= 4 is 5.82 Å². The number of rotatable bonds is 2. The van der Waals surface area contributed by atoms with Gasteiger partial charge in [-0.15, -0.1) is 0 Å². The van der Waals surface area contributed by atoms with Crippen LogP contribution < -0.4 is 10.6 Å². The molecule has 1 aromatic rings. The largest absolute Gasteiger partial charge is 0.353 e. The van der Waals surface area contributed by atoms with E-state index in [-0.39, 0.29) is 6.04 Å². The van der Waals surface area contributed by atoms with Crippen molar-refractivity contribution < 1.29 is 0 Å². The van der Waals surface area contributed by atoms with E-state index in [0.29, 0.717) is 0 Å². The zero-order chi connectivity index (χ0) is 13.2. The second-order valence-corrected chi connectivity index (χ2v) is 6.18. The monoisotopic (exact) mass is 259 g/mol. The van der Waals surface area contributed by atoms with Gasteiger partial charge in [0, 0.05) is 24.8 Å². The van der Waals surface area contributed by atoms with E-state index in [1.54, 1.807) is 0 Å². The highest BCUT2D eigenvalue weighted by Crippen LogP contribution is 2.37. The molecule has 1 saturated heterocycles. The number of pyridine rings is 1. The molecule has 2 unspecified atom stereocenters. The first kappa shape index (κ1) is 12.9. The molecule has 0 bridgehead atoms. The molecule has 0 aromatic carbocycles. The van der Waals surface area contributed by atoms with Crippen molar-refractivity contribution in [2.24, 2.45) is 11.7 Å².